The maximum absolute atomic E-state index is 13.5. The summed E-state index contributed by atoms with van der Waals surface area (Å²) in [4.78, 5) is 10.8. The molecule has 2 rings (SSSR count). The van der Waals surface area contributed by atoms with Gasteiger partial charge in [-0.3, -0.25) is 0 Å². The largest absolute Gasteiger partial charge is 0.496 e. The van der Waals surface area contributed by atoms with E-state index in [-0.39, 0.29) is 11.5 Å². The molecule has 0 spiro atoms. The number of carboxylic acid groups (broad SMARTS) is 1. The van der Waals surface area contributed by atoms with Crippen LogP contribution < -0.4 is 4.74 Å². The third kappa shape index (κ3) is 2.42. The highest BCUT2D eigenvalue weighted by Gasteiger charge is 2.18. The molecule has 2 aromatic rings. The monoisotopic (exact) mass is 265 g/mol. The molecular formula is C13H12FNO4. The van der Waals surface area contributed by atoms with Crippen LogP contribution in [0.1, 0.15) is 23.0 Å². The fraction of sp³-hybridized carbons (Fsp3) is 0.231. The number of aromatic nitrogens is 1. The van der Waals surface area contributed by atoms with Crippen LogP contribution in [0.15, 0.2) is 22.7 Å². The molecule has 100 valence electrons. The highest BCUT2D eigenvalue weighted by Crippen LogP contribution is 2.32. The van der Waals surface area contributed by atoms with Crippen LogP contribution in [-0.2, 0) is 6.42 Å². The quantitative estimate of drug-likeness (QED) is 0.920. The maximum Gasteiger partial charge on any atom is 0.358 e. The van der Waals surface area contributed by atoms with Crippen molar-refractivity contribution in [2.45, 2.75) is 13.3 Å². The molecule has 0 bridgehead atoms. The first-order valence-electron chi connectivity index (χ1n) is 5.63. The number of carboxylic acids is 1. The maximum atomic E-state index is 13.5. The van der Waals surface area contributed by atoms with Gasteiger partial charge in [0, 0.05) is 23.3 Å². The molecule has 0 aliphatic rings. The normalized spacial score (nSPS) is 10.5. The van der Waals surface area contributed by atoms with Gasteiger partial charge < -0.3 is 14.4 Å². The number of nitrogens with zero attached hydrogens (tertiary/aromatic N) is 1. The SMILES string of the molecule is CCc1c(OC)cc(F)cc1-c1cc(C(=O)O)no1. The number of methoxy groups -OCH3 is 1. The van der Waals surface area contributed by atoms with Crippen LogP contribution in [0.4, 0.5) is 4.39 Å². The number of hydrogen-bond donors (Lipinski definition) is 1. The zero-order chi connectivity index (χ0) is 14.0. The van der Waals surface area contributed by atoms with Gasteiger partial charge >= 0.3 is 5.97 Å². The van der Waals surface area contributed by atoms with Gasteiger partial charge in [0.05, 0.1) is 7.11 Å². The number of hydrogen-bond acceptors (Lipinski definition) is 4. The number of aromatic carboxylic acids is 1. The van der Waals surface area contributed by atoms with Crippen molar-refractivity contribution in [3.05, 3.63) is 35.3 Å². The van der Waals surface area contributed by atoms with Crippen LogP contribution in [0.3, 0.4) is 0 Å². The summed E-state index contributed by atoms with van der Waals surface area (Å²) < 4.78 is 23.6. The zero-order valence-electron chi connectivity index (χ0n) is 10.4. The summed E-state index contributed by atoms with van der Waals surface area (Å²) in [6, 6.07) is 3.81. The number of halogens is 1. The average molecular weight is 265 g/mol. The van der Waals surface area contributed by atoms with Gasteiger partial charge in [0.1, 0.15) is 11.6 Å². The molecule has 0 atom stereocenters. The Kier molecular flexibility index (Phi) is 3.50. The molecule has 1 heterocycles. The molecule has 0 saturated heterocycles. The number of rotatable bonds is 4. The lowest BCUT2D eigenvalue weighted by molar-refractivity contribution is 0.0686. The summed E-state index contributed by atoms with van der Waals surface area (Å²) >= 11 is 0. The first-order chi connectivity index (χ1) is 9.06. The van der Waals surface area contributed by atoms with Crippen LogP contribution in [0.5, 0.6) is 5.75 Å². The van der Waals surface area contributed by atoms with E-state index in [0.717, 1.165) is 5.56 Å². The smallest absolute Gasteiger partial charge is 0.358 e. The predicted molar refractivity (Wildman–Crippen MR) is 64.8 cm³/mol. The van der Waals surface area contributed by atoms with Crippen LogP contribution >= 0.6 is 0 Å². The fourth-order valence-electron chi connectivity index (χ4n) is 1.88. The molecule has 0 aliphatic heterocycles. The standard InChI is InChI=1S/C13H12FNO4/c1-3-8-9(4-7(14)5-11(8)18-2)12-6-10(13(16)17)15-19-12/h4-6H,3H2,1-2H3,(H,16,17). The van der Waals surface area contributed by atoms with E-state index in [9.17, 15) is 9.18 Å². The van der Waals surface area contributed by atoms with Crippen molar-refractivity contribution in [3.63, 3.8) is 0 Å². The van der Waals surface area contributed by atoms with E-state index in [4.69, 9.17) is 14.4 Å². The van der Waals surface area contributed by atoms with Gasteiger partial charge in [0.2, 0.25) is 0 Å². The topological polar surface area (TPSA) is 72.6 Å². The fourth-order valence-corrected chi connectivity index (χ4v) is 1.88. The Morgan fingerprint density at radius 2 is 2.21 bits per heavy atom. The van der Waals surface area contributed by atoms with Gasteiger partial charge in [0.15, 0.2) is 11.5 Å². The van der Waals surface area contributed by atoms with Crippen LogP contribution in [0.2, 0.25) is 0 Å². The molecule has 0 aliphatic carbocycles. The Balaban J connectivity index is 2.59. The summed E-state index contributed by atoms with van der Waals surface area (Å²) in [5.74, 6) is -1.09. The lowest BCUT2D eigenvalue weighted by atomic mass is 10.0. The first kappa shape index (κ1) is 13.1. The number of ether oxygens (including phenoxy) is 1. The Morgan fingerprint density at radius 3 is 2.74 bits per heavy atom. The second-order valence-electron chi connectivity index (χ2n) is 3.87. The molecule has 6 heteroatoms. The molecule has 0 unspecified atom stereocenters. The predicted octanol–water partition coefficient (Wildman–Crippen LogP) is 2.75. The van der Waals surface area contributed by atoms with Gasteiger partial charge in [0.25, 0.3) is 0 Å². The molecule has 19 heavy (non-hydrogen) atoms. The van der Waals surface area contributed by atoms with Crippen molar-refractivity contribution < 1.29 is 23.6 Å². The van der Waals surface area contributed by atoms with Crippen molar-refractivity contribution >= 4 is 5.97 Å². The van der Waals surface area contributed by atoms with E-state index in [0.29, 0.717) is 17.7 Å². The van der Waals surface area contributed by atoms with E-state index in [1.54, 1.807) is 0 Å². The van der Waals surface area contributed by atoms with Crippen molar-refractivity contribution in [3.8, 4) is 17.1 Å². The third-order valence-electron chi connectivity index (χ3n) is 2.74. The van der Waals surface area contributed by atoms with Crippen molar-refractivity contribution in [1.82, 2.24) is 5.16 Å². The zero-order valence-corrected chi connectivity index (χ0v) is 10.4. The molecule has 0 radical (unpaired) electrons. The van der Waals surface area contributed by atoms with Crippen molar-refractivity contribution in [2.75, 3.05) is 7.11 Å². The number of carbonyl (C=O) groups is 1. The van der Waals surface area contributed by atoms with Crippen LogP contribution in [0.25, 0.3) is 11.3 Å². The second-order valence-corrected chi connectivity index (χ2v) is 3.87. The Morgan fingerprint density at radius 1 is 1.47 bits per heavy atom. The van der Waals surface area contributed by atoms with Gasteiger partial charge in [-0.15, -0.1) is 0 Å². The molecule has 0 amide bonds. The molecule has 1 aromatic heterocycles. The minimum absolute atomic E-state index is 0.201. The van der Waals surface area contributed by atoms with E-state index in [2.05, 4.69) is 5.16 Å². The Bertz CT molecular complexity index is 621. The van der Waals surface area contributed by atoms with E-state index in [1.165, 1.54) is 25.3 Å². The van der Waals surface area contributed by atoms with Crippen molar-refractivity contribution in [2.24, 2.45) is 0 Å². The van der Waals surface area contributed by atoms with Gasteiger partial charge in [-0.05, 0) is 12.5 Å². The second kappa shape index (κ2) is 5.09. The summed E-state index contributed by atoms with van der Waals surface area (Å²) in [5.41, 5.74) is 0.955. The Hall–Kier alpha value is -2.37. The third-order valence-corrected chi connectivity index (χ3v) is 2.74. The highest BCUT2D eigenvalue weighted by molar-refractivity contribution is 5.86. The molecule has 1 aromatic carbocycles. The average Bonchev–Trinajstić information content (AvgIpc) is 2.87. The summed E-state index contributed by atoms with van der Waals surface area (Å²) in [6.45, 7) is 1.88. The van der Waals surface area contributed by atoms with E-state index >= 15 is 0 Å². The van der Waals surface area contributed by atoms with Crippen LogP contribution in [-0.4, -0.2) is 23.3 Å². The molecule has 5 nitrogen and oxygen atoms in total. The van der Waals surface area contributed by atoms with Gasteiger partial charge in [-0.25, -0.2) is 9.18 Å². The number of benzene rings is 1. The minimum atomic E-state index is -1.20. The molecule has 0 fully saturated rings. The summed E-state index contributed by atoms with van der Waals surface area (Å²) in [5, 5.41) is 12.2. The van der Waals surface area contributed by atoms with Gasteiger partial charge in [-0.2, -0.15) is 0 Å². The lowest BCUT2D eigenvalue weighted by Gasteiger charge is -2.10. The lowest BCUT2D eigenvalue weighted by Crippen LogP contribution is -1.96. The first-order valence-corrected chi connectivity index (χ1v) is 5.63. The summed E-state index contributed by atoms with van der Waals surface area (Å²) in [7, 11) is 1.45. The Labute approximate surface area is 108 Å². The van der Waals surface area contributed by atoms with E-state index in [1.807, 2.05) is 6.92 Å². The molecule has 1 N–H and O–H groups in total. The minimum Gasteiger partial charge on any atom is -0.496 e. The van der Waals surface area contributed by atoms with Crippen molar-refractivity contribution in [1.29, 1.82) is 0 Å². The van der Waals surface area contributed by atoms with E-state index < -0.39 is 11.8 Å². The van der Waals surface area contributed by atoms with Crippen LogP contribution in [0, 0.1) is 5.82 Å². The summed E-state index contributed by atoms with van der Waals surface area (Å²) in [6.07, 6.45) is 0.585. The molecular weight excluding hydrogens is 253 g/mol. The molecule has 0 saturated carbocycles. The van der Waals surface area contributed by atoms with Gasteiger partial charge in [-0.1, -0.05) is 12.1 Å². The highest BCUT2D eigenvalue weighted by atomic mass is 19.1.